The first kappa shape index (κ1) is 17.9. The number of amides is 1. The first-order chi connectivity index (χ1) is 11.4. The van der Waals surface area contributed by atoms with E-state index in [0.717, 1.165) is 22.4 Å². The van der Waals surface area contributed by atoms with Gasteiger partial charge in [-0.05, 0) is 44.7 Å². The number of hydrogen-bond donors (Lipinski definition) is 1. The zero-order chi connectivity index (χ0) is 17.7. The van der Waals surface area contributed by atoms with Gasteiger partial charge in [0.15, 0.2) is 0 Å². The fourth-order valence-corrected chi connectivity index (χ4v) is 2.54. The van der Waals surface area contributed by atoms with Crippen LogP contribution in [0.25, 0.3) is 0 Å². The third-order valence-corrected chi connectivity index (χ3v) is 3.76. The molecule has 2 aromatic rings. The Hall–Kier alpha value is -2.40. The zero-order valence-electron chi connectivity index (χ0n) is 14.5. The molecule has 1 amide bonds. The molecule has 0 fully saturated rings. The number of carbonyl (C=O) groups excluding carboxylic acids is 1. The molecule has 1 N–H and O–H groups in total. The molecule has 0 aliphatic carbocycles. The average molecular weight is 330 g/mol. The van der Waals surface area contributed by atoms with Gasteiger partial charge in [-0.15, -0.1) is 0 Å². The highest BCUT2D eigenvalue weighted by atomic mass is 19.1. The van der Waals surface area contributed by atoms with E-state index in [0.29, 0.717) is 12.2 Å². The predicted molar refractivity (Wildman–Crippen MR) is 93.8 cm³/mol. The van der Waals surface area contributed by atoms with Crippen molar-refractivity contribution in [1.82, 2.24) is 4.90 Å². The fourth-order valence-electron chi connectivity index (χ4n) is 2.54. The maximum Gasteiger partial charge on any atom is 0.238 e. The molecule has 0 unspecified atom stereocenters. The second-order valence-corrected chi connectivity index (χ2v) is 6.00. The van der Waals surface area contributed by atoms with Gasteiger partial charge in [0.2, 0.25) is 5.91 Å². The Kier molecular flexibility index (Phi) is 5.93. The first-order valence-corrected chi connectivity index (χ1v) is 7.77. The van der Waals surface area contributed by atoms with Crippen molar-refractivity contribution in [3.05, 3.63) is 58.9 Å². The SMILES string of the molecule is COc1ccc(C)cc1CN(C)CC(=O)Nc1cc(F)ccc1C. The van der Waals surface area contributed by atoms with E-state index in [9.17, 15) is 9.18 Å². The Morgan fingerprint density at radius 3 is 2.67 bits per heavy atom. The predicted octanol–water partition coefficient (Wildman–Crippen LogP) is 3.52. The molecule has 0 saturated heterocycles. The molecule has 0 aliphatic rings. The summed E-state index contributed by atoms with van der Waals surface area (Å²) in [5.41, 5.74) is 3.49. The third kappa shape index (κ3) is 4.80. The monoisotopic (exact) mass is 330 g/mol. The van der Waals surface area contributed by atoms with Crippen LogP contribution in [0.2, 0.25) is 0 Å². The molecule has 24 heavy (non-hydrogen) atoms. The number of likely N-dealkylation sites (N-methyl/N-ethyl adjacent to an activating group) is 1. The highest BCUT2D eigenvalue weighted by molar-refractivity contribution is 5.92. The molecule has 0 aliphatic heterocycles. The van der Waals surface area contributed by atoms with Crippen molar-refractivity contribution in [3.63, 3.8) is 0 Å². The number of nitrogens with zero attached hydrogens (tertiary/aromatic N) is 1. The molecule has 0 spiro atoms. The van der Waals surface area contributed by atoms with E-state index in [2.05, 4.69) is 5.32 Å². The van der Waals surface area contributed by atoms with Gasteiger partial charge >= 0.3 is 0 Å². The fraction of sp³-hybridized carbons (Fsp3) is 0.316. The first-order valence-electron chi connectivity index (χ1n) is 7.77. The molecule has 4 nitrogen and oxygen atoms in total. The number of ether oxygens (including phenoxy) is 1. The lowest BCUT2D eigenvalue weighted by Crippen LogP contribution is -2.30. The van der Waals surface area contributed by atoms with Crippen LogP contribution in [-0.4, -0.2) is 31.5 Å². The van der Waals surface area contributed by atoms with Crippen molar-refractivity contribution in [3.8, 4) is 5.75 Å². The average Bonchev–Trinajstić information content (AvgIpc) is 2.51. The van der Waals surface area contributed by atoms with E-state index in [-0.39, 0.29) is 18.3 Å². The topological polar surface area (TPSA) is 41.6 Å². The van der Waals surface area contributed by atoms with Gasteiger partial charge in [-0.2, -0.15) is 0 Å². The maximum atomic E-state index is 13.3. The molecule has 0 saturated carbocycles. The van der Waals surface area contributed by atoms with E-state index in [1.807, 2.05) is 44.0 Å². The summed E-state index contributed by atoms with van der Waals surface area (Å²) in [7, 11) is 3.49. The quantitative estimate of drug-likeness (QED) is 0.881. The van der Waals surface area contributed by atoms with Gasteiger partial charge in [-0.3, -0.25) is 9.69 Å². The van der Waals surface area contributed by atoms with Crippen LogP contribution in [0.15, 0.2) is 36.4 Å². The Morgan fingerprint density at radius 2 is 1.96 bits per heavy atom. The van der Waals surface area contributed by atoms with Crippen LogP contribution in [0.1, 0.15) is 16.7 Å². The van der Waals surface area contributed by atoms with Gasteiger partial charge < -0.3 is 10.1 Å². The van der Waals surface area contributed by atoms with E-state index < -0.39 is 0 Å². The Balaban J connectivity index is 1.99. The summed E-state index contributed by atoms with van der Waals surface area (Å²) in [5.74, 6) is 0.250. The summed E-state index contributed by atoms with van der Waals surface area (Å²) in [6.07, 6.45) is 0. The molecule has 2 rings (SSSR count). The lowest BCUT2D eigenvalue weighted by atomic mass is 10.1. The Morgan fingerprint density at radius 1 is 1.21 bits per heavy atom. The summed E-state index contributed by atoms with van der Waals surface area (Å²) in [6.45, 7) is 4.63. The van der Waals surface area contributed by atoms with Crippen LogP contribution >= 0.6 is 0 Å². The number of nitrogens with one attached hydrogen (secondary N) is 1. The summed E-state index contributed by atoms with van der Waals surface area (Å²) >= 11 is 0. The molecular weight excluding hydrogens is 307 g/mol. The van der Waals surface area contributed by atoms with Crippen LogP contribution in [0.4, 0.5) is 10.1 Å². The van der Waals surface area contributed by atoms with Crippen LogP contribution in [-0.2, 0) is 11.3 Å². The normalized spacial score (nSPS) is 10.8. The van der Waals surface area contributed by atoms with E-state index >= 15 is 0 Å². The third-order valence-electron chi connectivity index (χ3n) is 3.76. The van der Waals surface area contributed by atoms with Crippen LogP contribution in [0.5, 0.6) is 5.75 Å². The second kappa shape index (κ2) is 7.93. The number of anilines is 1. The lowest BCUT2D eigenvalue weighted by Gasteiger charge is -2.19. The summed E-state index contributed by atoms with van der Waals surface area (Å²) in [5, 5.41) is 2.76. The molecule has 0 heterocycles. The highest BCUT2D eigenvalue weighted by Crippen LogP contribution is 2.21. The number of benzene rings is 2. The largest absolute Gasteiger partial charge is 0.496 e. The van der Waals surface area contributed by atoms with Crippen LogP contribution in [0.3, 0.4) is 0 Å². The van der Waals surface area contributed by atoms with E-state index in [4.69, 9.17) is 4.74 Å². The van der Waals surface area contributed by atoms with Crippen molar-refractivity contribution in [2.75, 3.05) is 26.0 Å². The van der Waals surface area contributed by atoms with Gasteiger partial charge in [0.25, 0.3) is 0 Å². The highest BCUT2D eigenvalue weighted by Gasteiger charge is 2.12. The van der Waals surface area contributed by atoms with Gasteiger partial charge in [0, 0.05) is 17.8 Å². The second-order valence-electron chi connectivity index (χ2n) is 6.00. The standard InChI is InChI=1S/C19H23FN2O2/c1-13-5-8-18(24-4)15(9-13)11-22(3)12-19(23)21-17-10-16(20)7-6-14(17)2/h5-10H,11-12H2,1-4H3,(H,21,23). The van der Waals surface area contributed by atoms with Crippen molar-refractivity contribution in [2.45, 2.75) is 20.4 Å². The van der Waals surface area contributed by atoms with Gasteiger partial charge in [-0.25, -0.2) is 4.39 Å². The lowest BCUT2D eigenvalue weighted by molar-refractivity contribution is -0.117. The molecule has 2 aromatic carbocycles. The zero-order valence-corrected chi connectivity index (χ0v) is 14.5. The minimum Gasteiger partial charge on any atom is -0.496 e. The number of hydrogen-bond acceptors (Lipinski definition) is 3. The smallest absolute Gasteiger partial charge is 0.238 e. The maximum absolute atomic E-state index is 13.3. The van der Waals surface area contributed by atoms with Crippen molar-refractivity contribution in [1.29, 1.82) is 0 Å². The van der Waals surface area contributed by atoms with E-state index in [1.165, 1.54) is 12.1 Å². The van der Waals surface area contributed by atoms with Gasteiger partial charge in [0.05, 0.1) is 13.7 Å². The van der Waals surface area contributed by atoms with Gasteiger partial charge in [0.1, 0.15) is 11.6 Å². The Labute approximate surface area is 142 Å². The van der Waals surface area contributed by atoms with Crippen molar-refractivity contribution < 1.29 is 13.9 Å². The number of halogens is 1. The summed E-state index contributed by atoms with van der Waals surface area (Å²) < 4.78 is 18.7. The number of rotatable bonds is 6. The molecule has 0 bridgehead atoms. The van der Waals surface area contributed by atoms with E-state index in [1.54, 1.807) is 13.2 Å². The van der Waals surface area contributed by atoms with Crippen LogP contribution in [0, 0.1) is 19.7 Å². The summed E-state index contributed by atoms with van der Waals surface area (Å²) in [6, 6.07) is 10.3. The number of aryl methyl sites for hydroxylation is 2. The summed E-state index contributed by atoms with van der Waals surface area (Å²) in [4.78, 5) is 14.1. The number of carbonyl (C=O) groups is 1. The minimum atomic E-state index is -0.367. The Bertz CT molecular complexity index is 731. The molecule has 0 radical (unpaired) electrons. The molecular formula is C19H23FN2O2. The van der Waals surface area contributed by atoms with Gasteiger partial charge in [-0.1, -0.05) is 23.8 Å². The van der Waals surface area contributed by atoms with Crippen molar-refractivity contribution >= 4 is 11.6 Å². The molecule has 0 aromatic heterocycles. The van der Waals surface area contributed by atoms with Crippen LogP contribution < -0.4 is 10.1 Å². The van der Waals surface area contributed by atoms with Crippen molar-refractivity contribution in [2.24, 2.45) is 0 Å². The molecule has 0 atom stereocenters. The molecule has 128 valence electrons. The molecule has 5 heteroatoms. The number of methoxy groups -OCH3 is 1. The minimum absolute atomic E-state index is 0.183.